The number of rotatable bonds is 6. The molecule has 5 nitrogen and oxygen atoms in total. The molecule has 0 aromatic heterocycles. The zero-order chi connectivity index (χ0) is 19.4. The summed E-state index contributed by atoms with van der Waals surface area (Å²) in [6, 6.07) is 11.7. The first-order valence-electron chi connectivity index (χ1n) is 8.84. The van der Waals surface area contributed by atoms with Crippen LogP contribution in [0.25, 0.3) is 0 Å². The van der Waals surface area contributed by atoms with Crippen LogP contribution in [0.2, 0.25) is 0 Å². The SMILES string of the molecule is COc1ccc(CC(=O)N2CCSC2c2ccc(OC)c(OC)c2)cc1C. The molecule has 1 atom stereocenters. The fourth-order valence-electron chi connectivity index (χ4n) is 3.33. The Hall–Kier alpha value is -2.34. The first-order chi connectivity index (χ1) is 13.1. The van der Waals surface area contributed by atoms with Crippen molar-refractivity contribution in [3.05, 3.63) is 53.1 Å². The predicted octanol–water partition coefficient (Wildman–Crippen LogP) is 3.84. The van der Waals surface area contributed by atoms with Crippen LogP contribution in [0.5, 0.6) is 17.2 Å². The van der Waals surface area contributed by atoms with Crippen LogP contribution < -0.4 is 14.2 Å². The van der Waals surface area contributed by atoms with Crippen LogP contribution >= 0.6 is 11.8 Å². The molecule has 0 bridgehead atoms. The van der Waals surface area contributed by atoms with E-state index in [4.69, 9.17) is 14.2 Å². The third-order valence-corrected chi connectivity index (χ3v) is 5.98. The van der Waals surface area contributed by atoms with Crippen LogP contribution in [0, 0.1) is 6.92 Å². The number of carbonyl (C=O) groups is 1. The molecule has 1 fully saturated rings. The summed E-state index contributed by atoms with van der Waals surface area (Å²) in [4.78, 5) is 14.9. The van der Waals surface area contributed by atoms with Gasteiger partial charge in [0.25, 0.3) is 0 Å². The highest BCUT2D eigenvalue weighted by Gasteiger charge is 2.31. The van der Waals surface area contributed by atoms with Crippen molar-refractivity contribution in [3.63, 3.8) is 0 Å². The molecule has 0 N–H and O–H groups in total. The van der Waals surface area contributed by atoms with Crippen LogP contribution in [-0.2, 0) is 11.2 Å². The Morgan fingerprint density at radius 2 is 1.74 bits per heavy atom. The van der Waals surface area contributed by atoms with Crippen molar-refractivity contribution >= 4 is 17.7 Å². The molecule has 2 aromatic carbocycles. The Morgan fingerprint density at radius 3 is 2.41 bits per heavy atom. The van der Waals surface area contributed by atoms with Gasteiger partial charge in [0.2, 0.25) is 5.91 Å². The largest absolute Gasteiger partial charge is 0.496 e. The van der Waals surface area contributed by atoms with E-state index in [1.807, 2.05) is 48.2 Å². The van der Waals surface area contributed by atoms with Gasteiger partial charge in [-0.3, -0.25) is 4.79 Å². The van der Waals surface area contributed by atoms with E-state index in [0.29, 0.717) is 17.9 Å². The van der Waals surface area contributed by atoms with Crippen LogP contribution in [0.3, 0.4) is 0 Å². The zero-order valence-corrected chi connectivity index (χ0v) is 17.0. The fraction of sp³-hybridized carbons (Fsp3) is 0.381. The summed E-state index contributed by atoms with van der Waals surface area (Å²) in [7, 11) is 4.90. The van der Waals surface area contributed by atoms with E-state index < -0.39 is 0 Å². The number of methoxy groups -OCH3 is 3. The van der Waals surface area contributed by atoms with Gasteiger partial charge in [-0.05, 0) is 41.8 Å². The quantitative estimate of drug-likeness (QED) is 0.754. The van der Waals surface area contributed by atoms with Gasteiger partial charge in [0.15, 0.2) is 11.5 Å². The lowest BCUT2D eigenvalue weighted by Crippen LogP contribution is -2.31. The molecule has 1 unspecified atom stereocenters. The normalized spacial score (nSPS) is 16.3. The zero-order valence-electron chi connectivity index (χ0n) is 16.2. The highest BCUT2D eigenvalue weighted by Crippen LogP contribution is 2.41. The number of benzene rings is 2. The summed E-state index contributed by atoms with van der Waals surface area (Å²) in [5.74, 6) is 3.26. The van der Waals surface area contributed by atoms with Crippen molar-refractivity contribution < 1.29 is 19.0 Å². The van der Waals surface area contributed by atoms with E-state index in [1.54, 1.807) is 33.1 Å². The number of aryl methyl sites for hydroxylation is 1. The number of ether oxygens (including phenoxy) is 3. The van der Waals surface area contributed by atoms with Crippen molar-refractivity contribution in [1.29, 1.82) is 0 Å². The number of hydrogen-bond acceptors (Lipinski definition) is 5. The highest BCUT2D eigenvalue weighted by molar-refractivity contribution is 7.99. The second-order valence-corrected chi connectivity index (χ2v) is 7.59. The summed E-state index contributed by atoms with van der Waals surface area (Å²) in [5, 5.41) is -0.00310. The van der Waals surface area contributed by atoms with Gasteiger partial charge in [0.1, 0.15) is 11.1 Å². The summed E-state index contributed by atoms with van der Waals surface area (Å²) in [5.41, 5.74) is 3.09. The van der Waals surface area contributed by atoms with Crippen molar-refractivity contribution in [2.45, 2.75) is 18.7 Å². The van der Waals surface area contributed by atoms with E-state index in [9.17, 15) is 4.79 Å². The van der Waals surface area contributed by atoms with Gasteiger partial charge in [-0.2, -0.15) is 0 Å². The van der Waals surface area contributed by atoms with Gasteiger partial charge in [-0.1, -0.05) is 18.2 Å². The van der Waals surface area contributed by atoms with Gasteiger partial charge >= 0.3 is 0 Å². The molecule has 2 aromatic rings. The molecule has 27 heavy (non-hydrogen) atoms. The maximum absolute atomic E-state index is 13.0. The number of amides is 1. The van der Waals surface area contributed by atoms with Crippen molar-refractivity contribution in [1.82, 2.24) is 4.90 Å². The molecule has 6 heteroatoms. The molecule has 1 amide bonds. The van der Waals surface area contributed by atoms with Crippen LogP contribution in [0.1, 0.15) is 22.1 Å². The molecule has 1 saturated heterocycles. The monoisotopic (exact) mass is 387 g/mol. The Bertz CT molecular complexity index is 824. The van der Waals surface area contributed by atoms with Crippen LogP contribution in [-0.4, -0.2) is 44.4 Å². The summed E-state index contributed by atoms with van der Waals surface area (Å²) in [6.45, 7) is 2.74. The van der Waals surface area contributed by atoms with Crippen molar-refractivity contribution in [2.75, 3.05) is 33.6 Å². The predicted molar refractivity (Wildman–Crippen MR) is 108 cm³/mol. The number of hydrogen-bond donors (Lipinski definition) is 0. The Balaban J connectivity index is 1.77. The minimum Gasteiger partial charge on any atom is -0.496 e. The molecule has 1 aliphatic heterocycles. The summed E-state index contributed by atoms with van der Waals surface area (Å²) >= 11 is 1.77. The molecule has 0 spiro atoms. The molecule has 144 valence electrons. The van der Waals surface area contributed by atoms with Crippen molar-refractivity contribution in [2.24, 2.45) is 0 Å². The van der Waals surface area contributed by atoms with E-state index in [-0.39, 0.29) is 11.3 Å². The molecule has 1 aliphatic rings. The molecular formula is C21H25NO4S. The summed E-state index contributed by atoms with van der Waals surface area (Å²) in [6.07, 6.45) is 0.384. The third-order valence-electron chi connectivity index (χ3n) is 4.72. The van der Waals surface area contributed by atoms with Gasteiger partial charge in [0.05, 0.1) is 27.8 Å². The van der Waals surface area contributed by atoms with Gasteiger partial charge in [-0.25, -0.2) is 0 Å². The van der Waals surface area contributed by atoms with Crippen molar-refractivity contribution in [3.8, 4) is 17.2 Å². The van der Waals surface area contributed by atoms with E-state index >= 15 is 0 Å². The summed E-state index contributed by atoms with van der Waals surface area (Å²) < 4.78 is 16.0. The Kier molecular flexibility index (Phi) is 6.16. The molecular weight excluding hydrogens is 362 g/mol. The Labute approximate surface area is 164 Å². The average molecular weight is 388 g/mol. The fourth-order valence-corrected chi connectivity index (χ4v) is 4.60. The lowest BCUT2D eigenvalue weighted by Gasteiger charge is -2.25. The second kappa shape index (κ2) is 8.57. The number of carbonyl (C=O) groups excluding carboxylic acids is 1. The molecule has 1 heterocycles. The maximum atomic E-state index is 13.0. The lowest BCUT2D eigenvalue weighted by atomic mass is 10.1. The van der Waals surface area contributed by atoms with E-state index in [2.05, 4.69) is 0 Å². The van der Waals surface area contributed by atoms with E-state index in [1.165, 1.54) is 0 Å². The van der Waals surface area contributed by atoms with Gasteiger partial charge in [0, 0.05) is 12.3 Å². The lowest BCUT2D eigenvalue weighted by molar-refractivity contribution is -0.130. The topological polar surface area (TPSA) is 48.0 Å². The van der Waals surface area contributed by atoms with E-state index in [0.717, 1.165) is 34.7 Å². The molecule has 0 aliphatic carbocycles. The molecule has 3 rings (SSSR count). The van der Waals surface area contributed by atoms with Gasteiger partial charge in [-0.15, -0.1) is 11.8 Å². The van der Waals surface area contributed by atoms with Crippen LogP contribution in [0.4, 0.5) is 0 Å². The number of thioether (sulfide) groups is 1. The average Bonchev–Trinajstić information content (AvgIpc) is 3.17. The minimum atomic E-state index is -0.00310. The highest BCUT2D eigenvalue weighted by atomic mass is 32.2. The first-order valence-corrected chi connectivity index (χ1v) is 9.88. The molecule has 0 radical (unpaired) electrons. The standard InChI is InChI=1S/C21H25NO4S/c1-14-11-15(5-7-17(14)24-2)12-20(23)22-9-10-27-21(22)16-6-8-18(25-3)19(13-16)26-4/h5-8,11,13,21H,9-10,12H2,1-4H3. The number of nitrogens with zero attached hydrogens (tertiary/aromatic N) is 1. The first kappa shape index (κ1) is 19.4. The Morgan fingerprint density at radius 1 is 1.04 bits per heavy atom. The minimum absolute atomic E-state index is 0.00310. The van der Waals surface area contributed by atoms with Gasteiger partial charge < -0.3 is 19.1 Å². The van der Waals surface area contributed by atoms with Crippen LogP contribution in [0.15, 0.2) is 36.4 Å². The maximum Gasteiger partial charge on any atom is 0.228 e. The second-order valence-electron chi connectivity index (χ2n) is 6.41. The molecule has 0 saturated carbocycles. The smallest absolute Gasteiger partial charge is 0.228 e. The third kappa shape index (κ3) is 4.16.